The molecule has 1 aromatic heterocycles. The van der Waals surface area contributed by atoms with E-state index in [4.69, 9.17) is 23.8 Å². The number of hydrogen-bond acceptors (Lipinski definition) is 3. The van der Waals surface area contributed by atoms with Gasteiger partial charge in [0, 0.05) is 48.4 Å². The summed E-state index contributed by atoms with van der Waals surface area (Å²) in [4.78, 5) is 26.4. The summed E-state index contributed by atoms with van der Waals surface area (Å²) in [6.07, 6.45) is 4.24. The highest BCUT2D eigenvalue weighted by atomic mass is 35.5. The first-order valence-electron chi connectivity index (χ1n) is 9.23. The predicted octanol–water partition coefficient (Wildman–Crippen LogP) is 3.04. The van der Waals surface area contributed by atoms with Crippen LogP contribution in [0.5, 0.6) is 0 Å². The third-order valence-electron chi connectivity index (χ3n) is 5.29. The van der Waals surface area contributed by atoms with E-state index in [2.05, 4.69) is 5.32 Å². The molecule has 5 nitrogen and oxygen atoms in total. The third-order valence-corrected chi connectivity index (χ3v) is 5.91. The summed E-state index contributed by atoms with van der Waals surface area (Å²) in [6.45, 7) is 2.16. The van der Waals surface area contributed by atoms with Gasteiger partial charge in [-0.1, -0.05) is 29.8 Å². The number of fused-ring (bicyclic) bond motifs is 4. The molecular formula is C21H20ClN3O2S. The van der Waals surface area contributed by atoms with Gasteiger partial charge in [-0.3, -0.25) is 14.9 Å². The van der Waals surface area contributed by atoms with Gasteiger partial charge in [-0.2, -0.15) is 0 Å². The van der Waals surface area contributed by atoms with Crippen LogP contribution in [0.4, 0.5) is 0 Å². The number of carbonyl (C=O) groups is 1. The highest BCUT2D eigenvalue weighted by Gasteiger charge is 2.35. The summed E-state index contributed by atoms with van der Waals surface area (Å²) >= 11 is 11.3. The van der Waals surface area contributed by atoms with E-state index in [9.17, 15) is 9.59 Å². The van der Waals surface area contributed by atoms with Crippen molar-refractivity contribution in [3.05, 3.63) is 75.2 Å². The van der Waals surface area contributed by atoms with Crippen LogP contribution in [0.3, 0.4) is 0 Å². The molecule has 1 fully saturated rings. The molecule has 3 heterocycles. The Balaban J connectivity index is 1.40. The summed E-state index contributed by atoms with van der Waals surface area (Å²) in [5, 5.41) is 3.89. The number of piperidine rings is 1. The number of likely N-dealkylation sites (tertiary alicyclic amines) is 1. The summed E-state index contributed by atoms with van der Waals surface area (Å²) in [6, 6.07) is 12.7. The number of thiocarbonyl (C=S) groups is 1. The van der Waals surface area contributed by atoms with Gasteiger partial charge in [-0.05, 0) is 54.4 Å². The van der Waals surface area contributed by atoms with Crippen molar-refractivity contribution < 1.29 is 4.79 Å². The molecule has 1 amide bonds. The number of hydrogen-bond donors (Lipinski definition) is 1. The Morgan fingerprint density at radius 3 is 2.71 bits per heavy atom. The van der Waals surface area contributed by atoms with Gasteiger partial charge in [0.05, 0.1) is 0 Å². The molecule has 1 saturated heterocycles. The number of halogens is 1. The van der Waals surface area contributed by atoms with E-state index in [1.54, 1.807) is 24.3 Å². The van der Waals surface area contributed by atoms with Gasteiger partial charge in [0.25, 0.3) is 5.56 Å². The van der Waals surface area contributed by atoms with Crippen LogP contribution >= 0.6 is 23.8 Å². The van der Waals surface area contributed by atoms with Crippen molar-refractivity contribution in [3.63, 3.8) is 0 Å². The van der Waals surface area contributed by atoms with Crippen LogP contribution in [0.2, 0.25) is 5.02 Å². The van der Waals surface area contributed by atoms with E-state index < -0.39 is 0 Å². The first-order chi connectivity index (χ1) is 13.5. The van der Waals surface area contributed by atoms with E-state index in [0.29, 0.717) is 29.1 Å². The van der Waals surface area contributed by atoms with Crippen molar-refractivity contribution in [2.75, 3.05) is 13.1 Å². The monoisotopic (exact) mass is 413 g/mol. The van der Waals surface area contributed by atoms with Crippen LogP contribution < -0.4 is 10.9 Å². The van der Waals surface area contributed by atoms with E-state index in [1.165, 1.54) is 6.08 Å². The molecular weight excluding hydrogens is 394 g/mol. The molecule has 2 aromatic rings. The Morgan fingerprint density at radius 2 is 1.93 bits per heavy atom. The van der Waals surface area contributed by atoms with Crippen LogP contribution in [0.15, 0.2) is 53.3 Å². The fraction of sp³-hybridized carbons (Fsp3) is 0.286. The normalized spacial score (nSPS) is 20.7. The number of pyridine rings is 1. The van der Waals surface area contributed by atoms with Gasteiger partial charge in [0.1, 0.15) is 0 Å². The lowest BCUT2D eigenvalue weighted by Crippen LogP contribution is -2.52. The standard InChI is InChI=1S/C21H20ClN3O2S/c22-17-7-4-14(5-8-17)6-9-19(26)23-21(28)24-11-15-10-16(13-24)18-2-1-3-20(27)25(18)12-15/h1-9,15-16H,10-13H2,(H,23,26,28)/t15-,16-/m1/s1. The second-order valence-electron chi connectivity index (χ2n) is 7.28. The quantitative estimate of drug-likeness (QED) is 0.607. The summed E-state index contributed by atoms with van der Waals surface area (Å²) in [7, 11) is 0. The number of benzene rings is 1. The lowest BCUT2D eigenvalue weighted by Gasteiger charge is -2.43. The molecule has 2 aliphatic rings. The second kappa shape index (κ2) is 7.89. The lowest BCUT2D eigenvalue weighted by molar-refractivity contribution is -0.115. The smallest absolute Gasteiger partial charge is 0.250 e. The van der Waals surface area contributed by atoms with Gasteiger partial charge in [-0.25, -0.2) is 0 Å². The highest BCUT2D eigenvalue weighted by Crippen LogP contribution is 2.34. The maximum absolute atomic E-state index is 12.2. The van der Waals surface area contributed by atoms with Crippen molar-refractivity contribution in [1.29, 1.82) is 0 Å². The SMILES string of the molecule is O=C(C=Cc1ccc(Cl)cc1)NC(=S)N1C[C@H]2C[C@H](C1)c1cccc(=O)n1C2. The highest BCUT2D eigenvalue weighted by molar-refractivity contribution is 7.80. The molecule has 0 aliphatic carbocycles. The molecule has 0 unspecified atom stereocenters. The zero-order valence-electron chi connectivity index (χ0n) is 15.2. The molecule has 2 aliphatic heterocycles. The van der Waals surface area contributed by atoms with E-state index >= 15 is 0 Å². The maximum Gasteiger partial charge on any atom is 0.250 e. The molecule has 2 bridgehead atoms. The Bertz CT molecular complexity index is 999. The van der Waals surface area contributed by atoms with Crippen molar-refractivity contribution in [3.8, 4) is 0 Å². The number of carbonyl (C=O) groups excluding carboxylic acids is 1. The van der Waals surface area contributed by atoms with Crippen LogP contribution in [0, 0.1) is 5.92 Å². The number of rotatable bonds is 2. The molecule has 1 N–H and O–H groups in total. The van der Waals surface area contributed by atoms with Gasteiger partial charge in [0.15, 0.2) is 5.11 Å². The summed E-state index contributed by atoms with van der Waals surface area (Å²) in [5.74, 6) is 0.346. The van der Waals surface area contributed by atoms with Crippen LogP contribution in [0.25, 0.3) is 6.08 Å². The number of nitrogens with zero attached hydrogens (tertiary/aromatic N) is 2. The van der Waals surface area contributed by atoms with Gasteiger partial charge >= 0.3 is 0 Å². The minimum atomic E-state index is -0.257. The van der Waals surface area contributed by atoms with Crippen molar-refractivity contribution in [2.45, 2.75) is 18.9 Å². The average molecular weight is 414 g/mol. The maximum atomic E-state index is 12.2. The minimum absolute atomic E-state index is 0.0591. The van der Waals surface area contributed by atoms with E-state index in [-0.39, 0.29) is 17.4 Å². The first kappa shape index (κ1) is 18.9. The molecule has 0 saturated carbocycles. The molecule has 1 aromatic carbocycles. The summed E-state index contributed by atoms with van der Waals surface area (Å²) < 4.78 is 1.88. The Kier molecular flexibility index (Phi) is 5.33. The van der Waals surface area contributed by atoms with Crippen molar-refractivity contribution in [2.24, 2.45) is 5.92 Å². The average Bonchev–Trinajstić information content (AvgIpc) is 2.68. The van der Waals surface area contributed by atoms with E-state index in [1.807, 2.05) is 33.7 Å². The molecule has 144 valence electrons. The van der Waals surface area contributed by atoms with Gasteiger partial charge in [0.2, 0.25) is 5.91 Å². The number of aromatic nitrogens is 1. The fourth-order valence-corrected chi connectivity index (χ4v) is 4.41. The largest absolute Gasteiger partial charge is 0.348 e. The van der Waals surface area contributed by atoms with Crippen LogP contribution in [-0.4, -0.2) is 33.6 Å². The molecule has 2 atom stereocenters. The molecule has 4 rings (SSSR count). The Morgan fingerprint density at radius 1 is 1.14 bits per heavy atom. The van der Waals surface area contributed by atoms with E-state index in [0.717, 1.165) is 24.2 Å². The molecule has 0 radical (unpaired) electrons. The Labute approximate surface area is 173 Å². The zero-order chi connectivity index (χ0) is 19.7. The van der Waals surface area contributed by atoms with Crippen molar-refractivity contribution in [1.82, 2.24) is 14.8 Å². The third kappa shape index (κ3) is 4.03. The lowest BCUT2D eigenvalue weighted by atomic mass is 9.83. The van der Waals surface area contributed by atoms with Crippen LogP contribution in [-0.2, 0) is 11.3 Å². The molecule has 28 heavy (non-hydrogen) atoms. The number of amides is 1. The molecule has 0 spiro atoms. The predicted molar refractivity (Wildman–Crippen MR) is 114 cm³/mol. The van der Waals surface area contributed by atoms with Crippen LogP contribution in [0.1, 0.15) is 23.6 Å². The van der Waals surface area contributed by atoms with Gasteiger partial charge < -0.3 is 9.47 Å². The number of nitrogens with one attached hydrogen (secondary N) is 1. The molecule has 7 heteroatoms. The topological polar surface area (TPSA) is 54.3 Å². The second-order valence-corrected chi connectivity index (χ2v) is 8.11. The van der Waals surface area contributed by atoms with Gasteiger partial charge in [-0.15, -0.1) is 0 Å². The zero-order valence-corrected chi connectivity index (χ0v) is 16.7. The minimum Gasteiger partial charge on any atom is -0.348 e. The van der Waals surface area contributed by atoms with Crippen molar-refractivity contribution >= 4 is 40.9 Å². The fourth-order valence-electron chi connectivity index (χ4n) is 4.03. The Hall–Kier alpha value is -2.44. The summed E-state index contributed by atoms with van der Waals surface area (Å²) in [5.41, 5.74) is 2.01. The first-order valence-corrected chi connectivity index (χ1v) is 10.0.